The van der Waals surface area contributed by atoms with Crippen LogP contribution < -0.4 is 5.43 Å². The molecule has 2 heterocycles. The molecule has 0 saturated carbocycles. The monoisotopic (exact) mass is 309 g/mol. The van der Waals surface area contributed by atoms with Gasteiger partial charge >= 0.3 is 0 Å². The number of hydrazone groups is 1. The van der Waals surface area contributed by atoms with Crippen molar-refractivity contribution < 1.29 is 4.79 Å². The van der Waals surface area contributed by atoms with Crippen LogP contribution in [0.4, 0.5) is 0 Å². The number of thiophene rings is 1. The number of hydrogen-bond acceptors (Lipinski definition) is 4. The molecule has 0 radical (unpaired) electrons. The molecule has 6 heteroatoms. The summed E-state index contributed by atoms with van der Waals surface area (Å²) < 4.78 is 1.00. The third-order valence-electron chi connectivity index (χ3n) is 1.84. The van der Waals surface area contributed by atoms with E-state index in [1.807, 2.05) is 11.4 Å². The molecule has 86 valence electrons. The molecule has 17 heavy (non-hydrogen) atoms. The Morgan fingerprint density at radius 1 is 1.53 bits per heavy atom. The number of amides is 1. The van der Waals surface area contributed by atoms with Crippen molar-refractivity contribution in [2.75, 3.05) is 0 Å². The van der Waals surface area contributed by atoms with E-state index in [2.05, 4.69) is 31.4 Å². The first kappa shape index (κ1) is 11.9. The van der Waals surface area contributed by atoms with Crippen molar-refractivity contribution in [1.82, 2.24) is 10.4 Å². The lowest BCUT2D eigenvalue weighted by Gasteiger charge is -1.96. The maximum Gasteiger partial charge on any atom is 0.289 e. The number of halogens is 1. The fourth-order valence-corrected chi connectivity index (χ4v) is 2.41. The van der Waals surface area contributed by atoms with Crippen LogP contribution in [-0.2, 0) is 0 Å². The molecule has 0 atom stereocenters. The first-order valence-corrected chi connectivity index (χ1v) is 6.41. The zero-order valence-corrected chi connectivity index (χ0v) is 11.0. The molecule has 2 aromatic rings. The molecule has 1 amide bonds. The van der Waals surface area contributed by atoms with Crippen molar-refractivity contribution in [3.8, 4) is 0 Å². The Kier molecular flexibility index (Phi) is 4.00. The lowest BCUT2D eigenvalue weighted by atomic mass is 10.3. The fraction of sp³-hybridized carbons (Fsp3) is 0. The van der Waals surface area contributed by atoms with Crippen LogP contribution in [0.25, 0.3) is 0 Å². The molecule has 0 aliphatic carbocycles. The highest BCUT2D eigenvalue weighted by atomic mass is 79.9. The predicted octanol–water partition coefficient (Wildman–Crippen LogP) is 2.67. The highest BCUT2D eigenvalue weighted by Crippen LogP contribution is 2.17. The molecule has 0 aliphatic heterocycles. The minimum Gasteiger partial charge on any atom is -0.266 e. The van der Waals surface area contributed by atoms with Gasteiger partial charge in [-0.15, -0.1) is 11.3 Å². The highest BCUT2D eigenvalue weighted by Gasteiger charge is 2.03. The molecule has 0 bridgehead atoms. The Labute approximate surface area is 111 Å². The van der Waals surface area contributed by atoms with Crippen LogP contribution in [0.3, 0.4) is 0 Å². The topological polar surface area (TPSA) is 54.4 Å². The van der Waals surface area contributed by atoms with Crippen molar-refractivity contribution in [2.24, 2.45) is 5.10 Å². The van der Waals surface area contributed by atoms with Gasteiger partial charge in [-0.3, -0.25) is 9.78 Å². The zero-order chi connectivity index (χ0) is 12.1. The van der Waals surface area contributed by atoms with Crippen molar-refractivity contribution in [3.05, 3.63) is 50.9 Å². The number of rotatable bonds is 3. The molecule has 4 nitrogen and oxygen atoms in total. The quantitative estimate of drug-likeness (QED) is 0.700. The zero-order valence-electron chi connectivity index (χ0n) is 8.63. The van der Waals surface area contributed by atoms with Gasteiger partial charge in [-0.25, -0.2) is 5.43 Å². The second-order valence-corrected chi connectivity index (χ2v) is 4.94. The maximum absolute atomic E-state index is 11.5. The Bertz CT molecular complexity index is 539. The summed E-state index contributed by atoms with van der Waals surface area (Å²) in [5, 5.41) is 5.80. The van der Waals surface area contributed by atoms with Gasteiger partial charge in [0.05, 0.1) is 6.21 Å². The van der Waals surface area contributed by atoms with Crippen LogP contribution in [0.5, 0.6) is 0 Å². The molecule has 0 aliphatic rings. The largest absolute Gasteiger partial charge is 0.289 e. The lowest BCUT2D eigenvalue weighted by molar-refractivity contribution is 0.0950. The van der Waals surface area contributed by atoms with E-state index in [9.17, 15) is 4.79 Å². The third kappa shape index (κ3) is 3.47. The Morgan fingerprint density at radius 2 is 2.41 bits per heavy atom. The first-order valence-electron chi connectivity index (χ1n) is 4.74. The highest BCUT2D eigenvalue weighted by molar-refractivity contribution is 9.10. The Balaban J connectivity index is 1.95. The molecular formula is C11H8BrN3OS. The SMILES string of the molecule is O=C(NN=Cc1cc(Br)cs1)c1ccccn1. The molecule has 0 unspecified atom stereocenters. The van der Waals surface area contributed by atoms with Gasteiger partial charge < -0.3 is 0 Å². The molecule has 2 aromatic heterocycles. The third-order valence-corrected chi connectivity index (χ3v) is 3.47. The standard InChI is InChI=1S/C11H8BrN3OS/c12-8-5-9(17-7-8)6-14-15-11(16)10-3-1-2-4-13-10/h1-7H,(H,15,16). The normalized spacial score (nSPS) is 10.6. The van der Waals surface area contributed by atoms with Crippen molar-refractivity contribution >= 4 is 39.4 Å². The van der Waals surface area contributed by atoms with Crippen LogP contribution in [0.2, 0.25) is 0 Å². The molecule has 0 saturated heterocycles. The van der Waals surface area contributed by atoms with Crippen LogP contribution in [0.15, 0.2) is 45.4 Å². The van der Waals surface area contributed by atoms with E-state index in [4.69, 9.17) is 0 Å². The Hall–Kier alpha value is -1.53. The summed E-state index contributed by atoms with van der Waals surface area (Å²) in [5.41, 5.74) is 2.76. The molecule has 0 fully saturated rings. The van der Waals surface area contributed by atoms with Crippen LogP contribution in [0.1, 0.15) is 15.4 Å². The number of carbonyl (C=O) groups excluding carboxylic acids is 1. The van der Waals surface area contributed by atoms with Gasteiger partial charge in [0.15, 0.2) is 0 Å². The van der Waals surface area contributed by atoms with Crippen LogP contribution in [0, 0.1) is 0 Å². The van der Waals surface area contributed by atoms with Gasteiger partial charge in [0.2, 0.25) is 0 Å². The number of pyridine rings is 1. The number of hydrogen-bond donors (Lipinski definition) is 1. The number of nitrogens with zero attached hydrogens (tertiary/aromatic N) is 2. The number of nitrogens with one attached hydrogen (secondary N) is 1. The van der Waals surface area contributed by atoms with E-state index in [-0.39, 0.29) is 5.91 Å². The van der Waals surface area contributed by atoms with Gasteiger partial charge in [0, 0.05) is 20.9 Å². The molecular weight excluding hydrogens is 302 g/mol. The number of carbonyl (C=O) groups is 1. The van der Waals surface area contributed by atoms with Crippen molar-refractivity contribution in [1.29, 1.82) is 0 Å². The second kappa shape index (κ2) is 5.70. The van der Waals surface area contributed by atoms with Crippen molar-refractivity contribution in [3.63, 3.8) is 0 Å². The van der Waals surface area contributed by atoms with E-state index in [0.717, 1.165) is 9.35 Å². The minimum absolute atomic E-state index is 0.322. The van der Waals surface area contributed by atoms with Crippen LogP contribution in [-0.4, -0.2) is 17.1 Å². The van der Waals surface area contributed by atoms with E-state index in [1.165, 1.54) is 11.3 Å². The van der Waals surface area contributed by atoms with Crippen molar-refractivity contribution in [2.45, 2.75) is 0 Å². The molecule has 0 spiro atoms. The van der Waals surface area contributed by atoms with Gasteiger partial charge in [-0.05, 0) is 34.1 Å². The number of aromatic nitrogens is 1. The van der Waals surface area contributed by atoms with Gasteiger partial charge in [0.25, 0.3) is 5.91 Å². The van der Waals surface area contributed by atoms with E-state index >= 15 is 0 Å². The smallest absolute Gasteiger partial charge is 0.266 e. The van der Waals surface area contributed by atoms with E-state index in [1.54, 1.807) is 30.6 Å². The summed E-state index contributed by atoms with van der Waals surface area (Å²) in [7, 11) is 0. The molecule has 2 rings (SSSR count). The second-order valence-electron chi connectivity index (χ2n) is 3.08. The van der Waals surface area contributed by atoms with E-state index in [0.29, 0.717) is 5.69 Å². The summed E-state index contributed by atoms with van der Waals surface area (Å²) in [6.45, 7) is 0. The van der Waals surface area contributed by atoms with Crippen LogP contribution >= 0.6 is 27.3 Å². The lowest BCUT2D eigenvalue weighted by Crippen LogP contribution is -2.18. The summed E-state index contributed by atoms with van der Waals surface area (Å²) in [6.07, 6.45) is 3.16. The van der Waals surface area contributed by atoms with Gasteiger partial charge in [-0.1, -0.05) is 6.07 Å². The maximum atomic E-state index is 11.5. The summed E-state index contributed by atoms with van der Waals surface area (Å²) >= 11 is 4.88. The Morgan fingerprint density at radius 3 is 3.06 bits per heavy atom. The fourth-order valence-electron chi connectivity index (χ4n) is 1.10. The summed E-state index contributed by atoms with van der Waals surface area (Å²) in [4.78, 5) is 16.4. The molecule has 1 N–H and O–H groups in total. The summed E-state index contributed by atoms with van der Waals surface area (Å²) in [6, 6.07) is 7.05. The average Bonchev–Trinajstić information content (AvgIpc) is 2.76. The minimum atomic E-state index is -0.322. The molecule has 0 aromatic carbocycles. The van der Waals surface area contributed by atoms with E-state index < -0.39 is 0 Å². The average molecular weight is 310 g/mol. The predicted molar refractivity (Wildman–Crippen MR) is 71.3 cm³/mol. The van der Waals surface area contributed by atoms with Gasteiger partial charge in [-0.2, -0.15) is 5.10 Å². The van der Waals surface area contributed by atoms with Gasteiger partial charge in [0.1, 0.15) is 5.69 Å². The summed E-state index contributed by atoms with van der Waals surface area (Å²) in [5.74, 6) is -0.322. The first-order chi connectivity index (χ1) is 8.25.